The summed E-state index contributed by atoms with van der Waals surface area (Å²) in [5, 5.41) is 14.3. The van der Waals surface area contributed by atoms with Crippen molar-refractivity contribution in [1.82, 2.24) is 14.7 Å². The van der Waals surface area contributed by atoms with Crippen molar-refractivity contribution in [3.8, 4) is 5.69 Å². The van der Waals surface area contributed by atoms with Crippen LogP contribution >= 0.6 is 0 Å². The largest absolute Gasteiger partial charge is 0.391 e. The Balaban J connectivity index is 1.79. The van der Waals surface area contributed by atoms with E-state index in [0.717, 1.165) is 17.7 Å². The third-order valence-corrected chi connectivity index (χ3v) is 4.40. The fraction of sp³-hybridized carbons (Fsp3) is 0.412. The quantitative estimate of drug-likeness (QED) is 0.923. The maximum atomic E-state index is 12.5. The van der Waals surface area contributed by atoms with Crippen LogP contribution in [0.5, 0.6) is 0 Å². The summed E-state index contributed by atoms with van der Waals surface area (Å²) >= 11 is 0. The van der Waals surface area contributed by atoms with Gasteiger partial charge in [-0.1, -0.05) is 25.1 Å². The molecule has 1 amide bonds. The average Bonchev–Trinajstić information content (AvgIpc) is 2.99. The Morgan fingerprint density at radius 1 is 1.36 bits per heavy atom. The van der Waals surface area contributed by atoms with Crippen LogP contribution in [0.2, 0.25) is 0 Å². The molecule has 2 unspecified atom stereocenters. The third-order valence-electron chi connectivity index (χ3n) is 4.40. The van der Waals surface area contributed by atoms with Crippen LogP contribution < -0.4 is 0 Å². The molecule has 1 N–H and O–H groups in total. The van der Waals surface area contributed by atoms with Gasteiger partial charge in [-0.05, 0) is 30.9 Å². The van der Waals surface area contributed by atoms with Gasteiger partial charge in [0.15, 0.2) is 0 Å². The Kier molecular flexibility index (Phi) is 3.98. The number of hydrogen-bond donors (Lipinski definition) is 1. The normalized spacial score (nSPS) is 21.9. The molecule has 5 heteroatoms. The number of piperidine rings is 1. The van der Waals surface area contributed by atoms with Crippen LogP contribution in [0.1, 0.15) is 29.3 Å². The van der Waals surface area contributed by atoms with Gasteiger partial charge in [0.25, 0.3) is 5.91 Å². The predicted molar refractivity (Wildman–Crippen MR) is 84.0 cm³/mol. The number of likely N-dealkylation sites (tertiary alicyclic amines) is 1. The van der Waals surface area contributed by atoms with Gasteiger partial charge < -0.3 is 10.0 Å². The van der Waals surface area contributed by atoms with Gasteiger partial charge in [0.05, 0.1) is 23.6 Å². The number of aliphatic hydroxyl groups is 1. The van der Waals surface area contributed by atoms with E-state index in [1.807, 2.05) is 38.1 Å². The summed E-state index contributed by atoms with van der Waals surface area (Å²) < 4.78 is 1.73. The van der Waals surface area contributed by atoms with E-state index < -0.39 is 6.10 Å². The number of aromatic nitrogens is 2. The van der Waals surface area contributed by atoms with Gasteiger partial charge in [-0.3, -0.25) is 4.79 Å². The van der Waals surface area contributed by atoms with Crippen molar-refractivity contribution >= 4 is 5.91 Å². The summed E-state index contributed by atoms with van der Waals surface area (Å²) in [6.45, 7) is 5.12. The molecule has 2 atom stereocenters. The molecule has 1 fully saturated rings. The van der Waals surface area contributed by atoms with Gasteiger partial charge in [0.2, 0.25) is 0 Å². The summed E-state index contributed by atoms with van der Waals surface area (Å²) in [5.74, 6) is 0.185. The number of aryl methyl sites for hydroxylation is 1. The Morgan fingerprint density at radius 3 is 2.86 bits per heavy atom. The fourth-order valence-electron chi connectivity index (χ4n) is 2.80. The fourth-order valence-corrected chi connectivity index (χ4v) is 2.80. The number of benzene rings is 1. The summed E-state index contributed by atoms with van der Waals surface area (Å²) in [6, 6.07) is 7.92. The lowest BCUT2D eigenvalue weighted by Gasteiger charge is -2.34. The topological polar surface area (TPSA) is 58.4 Å². The standard InChI is InChI=1S/C17H21N3O2/c1-12-5-3-4-6-15(12)20-10-14(9-18-20)17(22)19-8-7-13(2)16(21)11-19/h3-6,9-10,13,16,21H,7-8,11H2,1-2H3. The first-order chi connectivity index (χ1) is 10.6. The SMILES string of the molecule is Cc1ccccc1-n1cc(C(=O)N2CCC(C)C(O)C2)cn1. The van der Waals surface area contributed by atoms with Crippen LogP contribution in [0.15, 0.2) is 36.7 Å². The monoisotopic (exact) mass is 299 g/mol. The minimum atomic E-state index is -0.441. The molecule has 1 aromatic carbocycles. The van der Waals surface area contributed by atoms with Crippen LogP contribution in [-0.4, -0.2) is 44.9 Å². The van der Waals surface area contributed by atoms with Crippen LogP contribution in [0.4, 0.5) is 0 Å². The molecule has 1 aromatic heterocycles. The molecule has 22 heavy (non-hydrogen) atoms. The van der Waals surface area contributed by atoms with E-state index in [4.69, 9.17) is 0 Å². The molecular formula is C17H21N3O2. The van der Waals surface area contributed by atoms with E-state index in [0.29, 0.717) is 18.7 Å². The number of hydrogen-bond acceptors (Lipinski definition) is 3. The van der Waals surface area contributed by atoms with Crippen molar-refractivity contribution in [2.75, 3.05) is 13.1 Å². The number of para-hydroxylation sites is 1. The van der Waals surface area contributed by atoms with Gasteiger partial charge in [-0.25, -0.2) is 4.68 Å². The first kappa shape index (κ1) is 14.8. The van der Waals surface area contributed by atoms with Crippen molar-refractivity contribution in [2.45, 2.75) is 26.4 Å². The number of rotatable bonds is 2. The molecule has 0 spiro atoms. The molecule has 0 bridgehead atoms. The highest BCUT2D eigenvalue weighted by atomic mass is 16.3. The van der Waals surface area contributed by atoms with Gasteiger partial charge in [-0.15, -0.1) is 0 Å². The van der Waals surface area contributed by atoms with E-state index in [-0.39, 0.29) is 11.8 Å². The predicted octanol–water partition coefficient (Wildman–Crippen LogP) is 2.02. The summed E-state index contributed by atoms with van der Waals surface area (Å²) in [4.78, 5) is 14.3. The zero-order valence-corrected chi connectivity index (χ0v) is 12.9. The van der Waals surface area contributed by atoms with Crippen LogP contribution in [0, 0.1) is 12.8 Å². The van der Waals surface area contributed by atoms with Crippen molar-refractivity contribution in [2.24, 2.45) is 5.92 Å². The van der Waals surface area contributed by atoms with Crippen molar-refractivity contribution < 1.29 is 9.90 Å². The molecule has 1 aliphatic rings. The second kappa shape index (κ2) is 5.93. The number of carbonyl (C=O) groups is 1. The molecule has 0 radical (unpaired) electrons. The van der Waals surface area contributed by atoms with E-state index in [1.54, 1.807) is 22.0 Å². The van der Waals surface area contributed by atoms with Crippen LogP contribution in [0.25, 0.3) is 5.69 Å². The lowest BCUT2D eigenvalue weighted by molar-refractivity contribution is 0.0248. The van der Waals surface area contributed by atoms with Crippen LogP contribution in [-0.2, 0) is 0 Å². The smallest absolute Gasteiger partial charge is 0.257 e. The molecule has 1 saturated heterocycles. The average molecular weight is 299 g/mol. The van der Waals surface area contributed by atoms with E-state index in [1.165, 1.54) is 0 Å². The first-order valence-corrected chi connectivity index (χ1v) is 7.64. The Hall–Kier alpha value is -2.14. The molecule has 116 valence electrons. The summed E-state index contributed by atoms with van der Waals surface area (Å²) in [6.07, 6.45) is 3.75. The second-order valence-electron chi connectivity index (χ2n) is 6.04. The number of aliphatic hydroxyl groups excluding tert-OH is 1. The minimum absolute atomic E-state index is 0.0641. The highest BCUT2D eigenvalue weighted by Gasteiger charge is 2.28. The van der Waals surface area contributed by atoms with E-state index in [9.17, 15) is 9.90 Å². The lowest BCUT2D eigenvalue weighted by atomic mass is 9.96. The molecule has 1 aliphatic heterocycles. The molecule has 2 heterocycles. The number of β-amino-alcohol motifs (C(OH)–C–C–N with tert-alkyl or cyclic N) is 1. The lowest BCUT2D eigenvalue weighted by Crippen LogP contribution is -2.45. The van der Waals surface area contributed by atoms with Gasteiger partial charge in [0, 0.05) is 19.3 Å². The molecule has 2 aromatic rings. The zero-order valence-electron chi connectivity index (χ0n) is 12.9. The van der Waals surface area contributed by atoms with E-state index >= 15 is 0 Å². The molecule has 3 rings (SSSR count). The van der Waals surface area contributed by atoms with Crippen molar-refractivity contribution in [3.05, 3.63) is 47.8 Å². The molecule has 0 saturated carbocycles. The maximum absolute atomic E-state index is 12.5. The number of amides is 1. The second-order valence-corrected chi connectivity index (χ2v) is 6.04. The molecular weight excluding hydrogens is 278 g/mol. The van der Waals surface area contributed by atoms with Crippen LogP contribution in [0.3, 0.4) is 0 Å². The maximum Gasteiger partial charge on any atom is 0.257 e. The Labute approximate surface area is 130 Å². The Bertz CT molecular complexity index is 680. The minimum Gasteiger partial charge on any atom is -0.391 e. The highest BCUT2D eigenvalue weighted by molar-refractivity contribution is 5.94. The summed E-state index contributed by atoms with van der Waals surface area (Å²) in [7, 11) is 0. The van der Waals surface area contributed by atoms with Gasteiger partial charge >= 0.3 is 0 Å². The molecule has 5 nitrogen and oxygen atoms in total. The summed E-state index contributed by atoms with van der Waals surface area (Å²) in [5.41, 5.74) is 2.63. The first-order valence-electron chi connectivity index (χ1n) is 7.64. The van der Waals surface area contributed by atoms with Crippen molar-refractivity contribution in [3.63, 3.8) is 0 Å². The number of carbonyl (C=O) groups excluding carboxylic acids is 1. The third kappa shape index (κ3) is 2.76. The number of nitrogens with zero attached hydrogens (tertiary/aromatic N) is 3. The zero-order chi connectivity index (χ0) is 15.7. The van der Waals surface area contributed by atoms with Crippen molar-refractivity contribution in [1.29, 1.82) is 0 Å². The Morgan fingerprint density at radius 2 is 2.14 bits per heavy atom. The molecule has 0 aliphatic carbocycles. The van der Waals surface area contributed by atoms with E-state index in [2.05, 4.69) is 5.10 Å². The van der Waals surface area contributed by atoms with Gasteiger partial charge in [-0.2, -0.15) is 5.10 Å². The van der Waals surface area contributed by atoms with Gasteiger partial charge in [0.1, 0.15) is 0 Å². The highest BCUT2D eigenvalue weighted by Crippen LogP contribution is 2.20.